The van der Waals surface area contributed by atoms with E-state index in [1.807, 2.05) is 6.92 Å². The molecule has 2 rings (SSSR count). The molecule has 1 aliphatic rings. The van der Waals surface area contributed by atoms with E-state index in [4.69, 9.17) is 9.47 Å². The lowest BCUT2D eigenvalue weighted by Gasteiger charge is -2.09. The third kappa shape index (κ3) is 4.21. The largest absolute Gasteiger partial charge is 0.494 e. The van der Waals surface area contributed by atoms with Gasteiger partial charge in [0.15, 0.2) is 0 Å². The van der Waals surface area contributed by atoms with Crippen LogP contribution in [0, 0.1) is 0 Å². The monoisotopic (exact) mass is 307 g/mol. The minimum absolute atomic E-state index is 0.245. The van der Waals surface area contributed by atoms with Crippen molar-refractivity contribution < 1.29 is 28.6 Å². The summed E-state index contributed by atoms with van der Waals surface area (Å²) in [5.41, 5.74) is 0.400. The molecular formula is C15H17NO6. The summed E-state index contributed by atoms with van der Waals surface area (Å²) >= 11 is 0. The van der Waals surface area contributed by atoms with Crippen molar-refractivity contribution in [1.82, 2.24) is 5.32 Å². The fourth-order valence-corrected chi connectivity index (χ4v) is 1.91. The summed E-state index contributed by atoms with van der Waals surface area (Å²) in [5, 5.41) is 2.43. The molecule has 1 aromatic rings. The lowest BCUT2D eigenvalue weighted by molar-refractivity contribution is -0.159. The van der Waals surface area contributed by atoms with Crippen molar-refractivity contribution in [1.29, 1.82) is 0 Å². The van der Waals surface area contributed by atoms with Crippen molar-refractivity contribution in [2.75, 3.05) is 19.8 Å². The number of amides is 1. The topological polar surface area (TPSA) is 90.9 Å². The average molecular weight is 307 g/mol. The van der Waals surface area contributed by atoms with E-state index in [9.17, 15) is 14.4 Å². The van der Waals surface area contributed by atoms with E-state index in [2.05, 4.69) is 10.1 Å². The number of ether oxygens (including phenoxy) is 3. The van der Waals surface area contributed by atoms with Gasteiger partial charge >= 0.3 is 11.9 Å². The zero-order chi connectivity index (χ0) is 15.9. The number of carbonyl (C=O) groups excluding carboxylic acids is 3. The van der Waals surface area contributed by atoms with Gasteiger partial charge in [-0.25, -0.2) is 4.79 Å². The van der Waals surface area contributed by atoms with Crippen molar-refractivity contribution in [2.45, 2.75) is 19.4 Å². The molecule has 0 unspecified atom stereocenters. The van der Waals surface area contributed by atoms with Crippen molar-refractivity contribution >= 4 is 17.8 Å². The molecule has 1 aliphatic heterocycles. The zero-order valence-electron chi connectivity index (χ0n) is 12.2. The Labute approximate surface area is 127 Å². The Hall–Kier alpha value is -2.57. The fourth-order valence-electron chi connectivity index (χ4n) is 1.91. The van der Waals surface area contributed by atoms with Gasteiger partial charge < -0.3 is 19.5 Å². The molecule has 1 heterocycles. The maximum atomic E-state index is 11.9. The van der Waals surface area contributed by atoms with E-state index in [-0.39, 0.29) is 13.2 Å². The number of hydrogen-bond donors (Lipinski definition) is 1. The number of nitrogens with one attached hydrogen (secondary N) is 1. The number of esters is 2. The molecule has 118 valence electrons. The quantitative estimate of drug-likeness (QED) is 0.777. The van der Waals surface area contributed by atoms with Crippen LogP contribution >= 0.6 is 0 Å². The molecule has 1 amide bonds. The highest BCUT2D eigenvalue weighted by Gasteiger charge is 2.30. The first kappa shape index (κ1) is 15.8. The number of rotatable bonds is 6. The Morgan fingerprint density at radius 1 is 1.32 bits per heavy atom. The van der Waals surface area contributed by atoms with E-state index in [1.54, 1.807) is 24.3 Å². The third-order valence-electron chi connectivity index (χ3n) is 2.98. The maximum absolute atomic E-state index is 11.9. The van der Waals surface area contributed by atoms with Crippen LogP contribution in [0.4, 0.5) is 0 Å². The fraction of sp³-hybridized carbons (Fsp3) is 0.400. The Morgan fingerprint density at radius 3 is 2.64 bits per heavy atom. The van der Waals surface area contributed by atoms with Gasteiger partial charge in [0, 0.05) is 12.0 Å². The van der Waals surface area contributed by atoms with Crippen LogP contribution in [0.1, 0.15) is 23.7 Å². The molecule has 0 aromatic heterocycles. The second-order valence-corrected chi connectivity index (χ2v) is 4.57. The molecule has 1 aromatic carbocycles. The van der Waals surface area contributed by atoms with E-state index in [0.717, 1.165) is 0 Å². The molecule has 0 aliphatic carbocycles. The number of cyclic esters (lactones) is 1. The zero-order valence-corrected chi connectivity index (χ0v) is 12.2. The average Bonchev–Trinajstić information content (AvgIpc) is 2.91. The van der Waals surface area contributed by atoms with Gasteiger partial charge in [0.2, 0.25) is 6.10 Å². The molecule has 22 heavy (non-hydrogen) atoms. The van der Waals surface area contributed by atoms with E-state index in [1.165, 1.54) is 0 Å². The third-order valence-corrected chi connectivity index (χ3v) is 2.98. The molecule has 0 saturated carbocycles. The normalized spacial score (nSPS) is 16.8. The summed E-state index contributed by atoms with van der Waals surface area (Å²) in [6, 6.07) is 6.54. The van der Waals surface area contributed by atoms with Crippen molar-refractivity contribution in [3.63, 3.8) is 0 Å². The summed E-state index contributed by atoms with van der Waals surface area (Å²) < 4.78 is 14.9. The molecule has 0 bridgehead atoms. The standard InChI is InChI=1S/C15H17NO6/c1-2-20-11-5-3-10(4-6-11)14(18)16-9-13(17)22-12-7-8-21-15(12)19/h3-6,12H,2,7-9H2,1H3,(H,16,18)/t12-/m1/s1. The Balaban J connectivity index is 1.79. The Morgan fingerprint density at radius 2 is 2.05 bits per heavy atom. The van der Waals surface area contributed by atoms with Gasteiger partial charge in [-0.15, -0.1) is 0 Å². The first-order chi connectivity index (χ1) is 10.6. The van der Waals surface area contributed by atoms with Crippen LogP contribution in [-0.4, -0.2) is 43.7 Å². The summed E-state index contributed by atoms with van der Waals surface area (Å²) in [7, 11) is 0. The van der Waals surface area contributed by atoms with Crippen LogP contribution in [0.5, 0.6) is 5.75 Å². The SMILES string of the molecule is CCOc1ccc(C(=O)NCC(=O)O[C@@H]2CCOC2=O)cc1. The van der Waals surface area contributed by atoms with Crippen molar-refractivity contribution in [3.8, 4) is 5.75 Å². The summed E-state index contributed by atoms with van der Waals surface area (Å²) in [6.07, 6.45) is -0.521. The van der Waals surface area contributed by atoms with Gasteiger partial charge in [-0.3, -0.25) is 9.59 Å². The highest BCUT2D eigenvalue weighted by Crippen LogP contribution is 2.12. The van der Waals surface area contributed by atoms with Crippen molar-refractivity contribution in [2.24, 2.45) is 0 Å². The summed E-state index contributed by atoms with van der Waals surface area (Å²) in [4.78, 5) is 34.6. The molecule has 7 heteroatoms. The number of benzene rings is 1. The van der Waals surface area contributed by atoms with E-state index < -0.39 is 23.9 Å². The molecule has 0 radical (unpaired) electrons. The lowest BCUT2D eigenvalue weighted by Crippen LogP contribution is -2.33. The molecule has 7 nitrogen and oxygen atoms in total. The minimum atomic E-state index is -0.866. The van der Waals surface area contributed by atoms with E-state index in [0.29, 0.717) is 24.3 Å². The molecule has 1 atom stereocenters. The number of hydrogen-bond acceptors (Lipinski definition) is 6. The van der Waals surface area contributed by atoms with E-state index >= 15 is 0 Å². The predicted octanol–water partition coefficient (Wildman–Crippen LogP) is 0.674. The second kappa shape index (κ2) is 7.44. The molecule has 1 saturated heterocycles. The van der Waals surface area contributed by atoms with Crippen LogP contribution in [0.15, 0.2) is 24.3 Å². The van der Waals surface area contributed by atoms with Gasteiger partial charge in [0.1, 0.15) is 12.3 Å². The lowest BCUT2D eigenvalue weighted by atomic mass is 10.2. The Bertz CT molecular complexity index is 554. The minimum Gasteiger partial charge on any atom is -0.494 e. The predicted molar refractivity (Wildman–Crippen MR) is 75.4 cm³/mol. The molecule has 1 fully saturated rings. The molecular weight excluding hydrogens is 290 g/mol. The highest BCUT2D eigenvalue weighted by molar-refractivity contribution is 5.96. The van der Waals surface area contributed by atoms with Crippen LogP contribution < -0.4 is 10.1 Å². The summed E-state index contributed by atoms with van der Waals surface area (Å²) in [5.74, 6) is -0.971. The van der Waals surface area contributed by atoms with Gasteiger partial charge in [0.05, 0.1) is 13.2 Å². The highest BCUT2D eigenvalue weighted by atomic mass is 16.6. The van der Waals surface area contributed by atoms with Crippen LogP contribution in [0.2, 0.25) is 0 Å². The van der Waals surface area contributed by atoms with Crippen LogP contribution in [0.25, 0.3) is 0 Å². The second-order valence-electron chi connectivity index (χ2n) is 4.57. The molecule has 0 spiro atoms. The first-order valence-corrected chi connectivity index (χ1v) is 6.97. The first-order valence-electron chi connectivity index (χ1n) is 6.97. The van der Waals surface area contributed by atoms with Crippen LogP contribution in [0.3, 0.4) is 0 Å². The van der Waals surface area contributed by atoms with Crippen LogP contribution in [-0.2, 0) is 19.1 Å². The smallest absolute Gasteiger partial charge is 0.347 e. The Kier molecular flexibility index (Phi) is 5.35. The molecule has 1 N–H and O–H groups in total. The number of carbonyl (C=O) groups is 3. The maximum Gasteiger partial charge on any atom is 0.347 e. The van der Waals surface area contributed by atoms with Gasteiger partial charge in [0.25, 0.3) is 5.91 Å². The van der Waals surface area contributed by atoms with Gasteiger partial charge in [-0.1, -0.05) is 0 Å². The van der Waals surface area contributed by atoms with Crippen molar-refractivity contribution in [3.05, 3.63) is 29.8 Å². The van der Waals surface area contributed by atoms with Gasteiger partial charge in [-0.05, 0) is 31.2 Å². The van der Waals surface area contributed by atoms with Gasteiger partial charge in [-0.2, -0.15) is 0 Å². The summed E-state index contributed by atoms with van der Waals surface area (Å²) in [6.45, 7) is 2.35.